The van der Waals surface area contributed by atoms with Gasteiger partial charge in [0.1, 0.15) is 0 Å². The molecule has 0 saturated carbocycles. The topological polar surface area (TPSA) is 17.1 Å². The lowest BCUT2D eigenvalue weighted by Crippen LogP contribution is -2.26. The van der Waals surface area contributed by atoms with Crippen LogP contribution in [0, 0.1) is 6.92 Å². The molecule has 1 nitrogen and oxygen atoms in total. The fourth-order valence-corrected chi connectivity index (χ4v) is 2.34. The van der Waals surface area contributed by atoms with Gasteiger partial charge in [0, 0.05) is 16.8 Å². The Balaban J connectivity index is 2.20. The van der Waals surface area contributed by atoms with Crippen LogP contribution in [0.1, 0.15) is 40.2 Å². The van der Waals surface area contributed by atoms with E-state index >= 15 is 0 Å². The standard InChI is InChI=1S/C12H13BrO/c1-8-4-5-10-11(7-8)9(12(10)14)3-2-6-13/h4-5,7,9H,2-3,6H2,1H3. The van der Waals surface area contributed by atoms with Gasteiger partial charge in [-0.2, -0.15) is 0 Å². The van der Waals surface area contributed by atoms with E-state index in [4.69, 9.17) is 0 Å². The molecule has 1 unspecified atom stereocenters. The Morgan fingerprint density at radius 1 is 1.43 bits per heavy atom. The first kappa shape index (κ1) is 9.91. The molecule has 0 aromatic heterocycles. The lowest BCUT2D eigenvalue weighted by Gasteiger charge is -2.28. The van der Waals surface area contributed by atoms with Gasteiger partial charge in [0.25, 0.3) is 0 Å². The Bertz CT molecular complexity index is 371. The number of ketones is 1. The van der Waals surface area contributed by atoms with Crippen molar-refractivity contribution in [3.8, 4) is 0 Å². The summed E-state index contributed by atoms with van der Waals surface area (Å²) >= 11 is 3.39. The lowest BCUT2D eigenvalue weighted by molar-refractivity contribution is 0.0921. The zero-order valence-corrected chi connectivity index (χ0v) is 9.80. The Morgan fingerprint density at radius 2 is 2.21 bits per heavy atom. The van der Waals surface area contributed by atoms with Crippen molar-refractivity contribution in [2.75, 3.05) is 5.33 Å². The number of carbonyl (C=O) groups is 1. The number of halogens is 1. The number of carbonyl (C=O) groups excluding carboxylic acids is 1. The largest absolute Gasteiger partial charge is 0.293 e. The van der Waals surface area contributed by atoms with Crippen LogP contribution < -0.4 is 0 Å². The van der Waals surface area contributed by atoms with Crippen LogP contribution in [0.4, 0.5) is 0 Å². The molecule has 0 amide bonds. The van der Waals surface area contributed by atoms with E-state index in [1.54, 1.807) is 0 Å². The number of hydrogen-bond acceptors (Lipinski definition) is 1. The highest BCUT2D eigenvalue weighted by Crippen LogP contribution is 2.38. The normalized spacial score (nSPS) is 19.0. The second-order valence-corrected chi connectivity index (χ2v) is 4.63. The Labute approximate surface area is 92.6 Å². The fourth-order valence-electron chi connectivity index (χ4n) is 2.01. The zero-order valence-electron chi connectivity index (χ0n) is 8.22. The third kappa shape index (κ3) is 1.52. The van der Waals surface area contributed by atoms with E-state index in [1.165, 1.54) is 11.1 Å². The highest BCUT2D eigenvalue weighted by Gasteiger charge is 2.34. The van der Waals surface area contributed by atoms with E-state index in [0.717, 1.165) is 23.7 Å². The number of hydrogen-bond donors (Lipinski definition) is 0. The molecule has 2 rings (SSSR count). The maximum Gasteiger partial charge on any atom is 0.170 e. The van der Waals surface area contributed by atoms with Crippen molar-refractivity contribution in [3.63, 3.8) is 0 Å². The SMILES string of the molecule is Cc1ccc2c(c1)C(CCCBr)C2=O. The Hall–Kier alpha value is -0.630. The predicted octanol–water partition coefficient (Wildman–Crippen LogP) is 3.45. The summed E-state index contributed by atoms with van der Waals surface area (Å²) in [4.78, 5) is 11.7. The van der Waals surface area contributed by atoms with Crippen molar-refractivity contribution in [3.05, 3.63) is 34.9 Å². The van der Waals surface area contributed by atoms with Gasteiger partial charge in [-0.05, 0) is 25.3 Å². The summed E-state index contributed by atoms with van der Waals surface area (Å²) in [6.45, 7) is 2.07. The molecule has 0 heterocycles. The molecule has 1 aromatic rings. The third-order valence-electron chi connectivity index (χ3n) is 2.79. The number of Topliss-reactive ketones (excluding diaryl/α,β-unsaturated/α-hetero) is 1. The summed E-state index contributed by atoms with van der Waals surface area (Å²) in [5.41, 5.74) is 3.45. The van der Waals surface area contributed by atoms with Gasteiger partial charge in [0.05, 0.1) is 0 Å². The van der Waals surface area contributed by atoms with Crippen molar-refractivity contribution >= 4 is 21.7 Å². The number of benzene rings is 1. The van der Waals surface area contributed by atoms with Gasteiger partial charge < -0.3 is 0 Å². The minimum Gasteiger partial charge on any atom is -0.293 e. The van der Waals surface area contributed by atoms with E-state index < -0.39 is 0 Å². The highest BCUT2D eigenvalue weighted by molar-refractivity contribution is 9.09. The van der Waals surface area contributed by atoms with Gasteiger partial charge >= 0.3 is 0 Å². The molecule has 0 radical (unpaired) electrons. The van der Waals surface area contributed by atoms with Crippen molar-refractivity contribution in [1.29, 1.82) is 0 Å². The molecule has 0 aliphatic heterocycles. The first-order valence-corrected chi connectivity index (χ1v) is 6.07. The van der Waals surface area contributed by atoms with E-state index in [-0.39, 0.29) is 5.92 Å². The molecule has 0 N–H and O–H groups in total. The van der Waals surface area contributed by atoms with Gasteiger partial charge in [0.2, 0.25) is 0 Å². The highest BCUT2D eigenvalue weighted by atomic mass is 79.9. The minimum atomic E-state index is 0.183. The quantitative estimate of drug-likeness (QED) is 0.754. The van der Waals surface area contributed by atoms with Crippen LogP contribution in [0.3, 0.4) is 0 Å². The molecule has 0 saturated heterocycles. The van der Waals surface area contributed by atoms with Crippen LogP contribution in [0.15, 0.2) is 18.2 Å². The van der Waals surface area contributed by atoms with Crippen LogP contribution in [-0.4, -0.2) is 11.1 Å². The van der Waals surface area contributed by atoms with Crippen molar-refractivity contribution in [1.82, 2.24) is 0 Å². The first-order valence-electron chi connectivity index (χ1n) is 4.95. The van der Waals surface area contributed by atoms with Gasteiger partial charge in [-0.15, -0.1) is 0 Å². The number of alkyl halides is 1. The summed E-state index contributed by atoms with van der Waals surface area (Å²) < 4.78 is 0. The second kappa shape index (κ2) is 3.85. The first-order chi connectivity index (χ1) is 6.74. The summed E-state index contributed by atoms with van der Waals surface area (Å²) in [5.74, 6) is 0.517. The summed E-state index contributed by atoms with van der Waals surface area (Å²) in [5, 5.41) is 0.984. The predicted molar refractivity (Wildman–Crippen MR) is 61.3 cm³/mol. The van der Waals surface area contributed by atoms with Crippen molar-refractivity contribution in [2.24, 2.45) is 0 Å². The van der Waals surface area contributed by atoms with Gasteiger partial charge in [-0.1, -0.05) is 39.7 Å². The molecule has 1 aromatic carbocycles. The van der Waals surface area contributed by atoms with Crippen LogP contribution in [0.2, 0.25) is 0 Å². The number of fused-ring (bicyclic) bond motifs is 1. The number of aryl methyl sites for hydroxylation is 1. The summed E-state index contributed by atoms with van der Waals surface area (Å²) in [6, 6.07) is 6.12. The van der Waals surface area contributed by atoms with Crippen LogP contribution in [-0.2, 0) is 0 Å². The minimum absolute atomic E-state index is 0.183. The van der Waals surface area contributed by atoms with E-state index in [0.29, 0.717) is 5.78 Å². The maximum absolute atomic E-state index is 11.7. The smallest absolute Gasteiger partial charge is 0.170 e. The molecule has 74 valence electrons. The zero-order chi connectivity index (χ0) is 10.1. The average Bonchev–Trinajstić information content (AvgIpc) is 2.18. The average molecular weight is 253 g/mol. The third-order valence-corrected chi connectivity index (χ3v) is 3.35. The van der Waals surface area contributed by atoms with Gasteiger partial charge in [-0.25, -0.2) is 0 Å². The molecule has 1 aliphatic carbocycles. The lowest BCUT2D eigenvalue weighted by atomic mass is 9.73. The molecule has 0 fully saturated rings. The molecule has 2 heteroatoms. The van der Waals surface area contributed by atoms with Crippen molar-refractivity contribution in [2.45, 2.75) is 25.7 Å². The van der Waals surface area contributed by atoms with E-state index in [2.05, 4.69) is 28.9 Å². The molecular formula is C12H13BrO. The monoisotopic (exact) mass is 252 g/mol. The van der Waals surface area contributed by atoms with Crippen molar-refractivity contribution < 1.29 is 4.79 Å². The molecule has 0 bridgehead atoms. The molecule has 1 aliphatic rings. The van der Waals surface area contributed by atoms with E-state index in [9.17, 15) is 4.79 Å². The summed E-state index contributed by atoms with van der Waals surface area (Å²) in [7, 11) is 0. The molecule has 1 atom stereocenters. The molecular weight excluding hydrogens is 240 g/mol. The number of rotatable bonds is 3. The molecule has 0 spiro atoms. The van der Waals surface area contributed by atoms with Gasteiger partial charge in [-0.3, -0.25) is 4.79 Å². The van der Waals surface area contributed by atoms with E-state index in [1.807, 2.05) is 12.1 Å². The Morgan fingerprint density at radius 3 is 2.93 bits per heavy atom. The molecule has 14 heavy (non-hydrogen) atoms. The van der Waals surface area contributed by atoms with Crippen LogP contribution in [0.25, 0.3) is 0 Å². The fraction of sp³-hybridized carbons (Fsp3) is 0.417. The van der Waals surface area contributed by atoms with Gasteiger partial charge in [0.15, 0.2) is 5.78 Å². The van der Waals surface area contributed by atoms with Crippen LogP contribution in [0.5, 0.6) is 0 Å². The Kier molecular flexibility index (Phi) is 2.73. The summed E-state index contributed by atoms with van der Waals surface area (Å²) in [6.07, 6.45) is 2.06. The maximum atomic E-state index is 11.7. The second-order valence-electron chi connectivity index (χ2n) is 3.84. The van der Waals surface area contributed by atoms with Crippen LogP contribution >= 0.6 is 15.9 Å².